The van der Waals surface area contributed by atoms with Crippen molar-refractivity contribution in [1.82, 2.24) is 0 Å². The molecule has 0 spiro atoms. The maximum Gasteiger partial charge on any atom is 0.321 e. The largest absolute Gasteiger partial charge is 0.494 e. The standard InChI is InChI=1S/C20H16O6/c1-2-25-10-7-8-13-14(9-10)20(24)12-6-4-3-5-11(12)19(13,23)15-16(20)18(22)26-17(15)21/h3-9,15-16,23-24H,2H2,1H3. The third-order valence-corrected chi connectivity index (χ3v) is 5.81. The first-order chi connectivity index (χ1) is 12.4. The molecule has 4 atom stereocenters. The molecule has 6 heteroatoms. The molecule has 0 amide bonds. The van der Waals surface area contributed by atoms with Crippen LogP contribution in [-0.2, 0) is 25.5 Å². The first-order valence-electron chi connectivity index (χ1n) is 8.52. The van der Waals surface area contributed by atoms with Gasteiger partial charge in [0.1, 0.15) is 28.8 Å². The first kappa shape index (κ1) is 15.5. The van der Waals surface area contributed by atoms with Crippen LogP contribution in [0.2, 0.25) is 0 Å². The quantitative estimate of drug-likeness (QED) is 0.623. The SMILES string of the molecule is CCOc1ccc2c(c1)C1(O)c3ccccc3C2(O)C2C(=O)OC(=O)C21. The molecule has 4 aliphatic rings. The normalized spacial score (nSPS) is 33.3. The Hall–Kier alpha value is -2.70. The second-order valence-electron chi connectivity index (χ2n) is 6.91. The fourth-order valence-electron chi connectivity index (χ4n) is 4.86. The maximum atomic E-state index is 12.4. The fourth-order valence-corrected chi connectivity index (χ4v) is 4.86. The summed E-state index contributed by atoms with van der Waals surface area (Å²) >= 11 is 0. The van der Waals surface area contributed by atoms with Crippen molar-refractivity contribution in [3.8, 4) is 5.75 Å². The molecule has 2 N–H and O–H groups in total. The Morgan fingerprint density at radius 1 is 0.923 bits per heavy atom. The molecule has 2 aromatic carbocycles. The lowest BCUT2D eigenvalue weighted by Crippen LogP contribution is -2.61. The molecule has 3 aliphatic carbocycles. The monoisotopic (exact) mass is 352 g/mol. The Morgan fingerprint density at radius 3 is 2.04 bits per heavy atom. The molecule has 4 unspecified atom stereocenters. The van der Waals surface area contributed by atoms with Crippen LogP contribution in [0.25, 0.3) is 0 Å². The third-order valence-electron chi connectivity index (χ3n) is 5.81. The minimum absolute atomic E-state index is 0.373. The second kappa shape index (κ2) is 4.72. The number of cyclic esters (lactones) is 2. The minimum Gasteiger partial charge on any atom is -0.494 e. The van der Waals surface area contributed by atoms with E-state index in [0.29, 0.717) is 34.6 Å². The summed E-state index contributed by atoms with van der Waals surface area (Å²) in [6.07, 6.45) is 0. The van der Waals surface area contributed by atoms with E-state index >= 15 is 0 Å². The molecule has 6 nitrogen and oxygen atoms in total. The predicted molar refractivity (Wildman–Crippen MR) is 88.1 cm³/mol. The summed E-state index contributed by atoms with van der Waals surface area (Å²) < 4.78 is 10.4. The van der Waals surface area contributed by atoms with Crippen molar-refractivity contribution in [2.45, 2.75) is 18.1 Å². The van der Waals surface area contributed by atoms with Crippen molar-refractivity contribution in [3.05, 3.63) is 64.7 Å². The smallest absolute Gasteiger partial charge is 0.321 e. The number of ether oxygens (including phenoxy) is 2. The van der Waals surface area contributed by atoms with Crippen molar-refractivity contribution >= 4 is 11.9 Å². The van der Waals surface area contributed by atoms with Crippen molar-refractivity contribution < 1.29 is 29.3 Å². The number of hydrogen-bond acceptors (Lipinski definition) is 6. The summed E-state index contributed by atoms with van der Waals surface area (Å²) in [5.74, 6) is -3.49. The molecule has 1 fully saturated rings. The highest BCUT2D eigenvalue weighted by atomic mass is 16.6. The van der Waals surface area contributed by atoms with E-state index < -0.39 is 35.0 Å². The summed E-state index contributed by atoms with van der Waals surface area (Å²) in [5, 5.41) is 23.5. The van der Waals surface area contributed by atoms with Crippen LogP contribution < -0.4 is 4.74 Å². The van der Waals surface area contributed by atoms with E-state index in [2.05, 4.69) is 0 Å². The molecule has 0 radical (unpaired) electrons. The lowest BCUT2D eigenvalue weighted by atomic mass is 9.50. The predicted octanol–water partition coefficient (Wildman–Crippen LogP) is 1.20. The number of benzene rings is 2. The van der Waals surface area contributed by atoms with E-state index in [0.717, 1.165) is 0 Å². The highest BCUT2D eigenvalue weighted by Crippen LogP contribution is 2.64. The lowest BCUT2D eigenvalue weighted by molar-refractivity contribution is -0.155. The molecule has 1 heterocycles. The summed E-state index contributed by atoms with van der Waals surface area (Å²) in [5.41, 5.74) is -1.90. The van der Waals surface area contributed by atoms with Gasteiger partial charge in [-0.2, -0.15) is 0 Å². The van der Waals surface area contributed by atoms with Gasteiger partial charge in [-0.1, -0.05) is 30.3 Å². The number of hydrogen-bond donors (Lipinski definition) is 2. The first-order valence-corrected chi connectivity index (χ1v) is 8.52. The van der Waals surface area contributed by atoms with Gasteiger partial charge >= 0.3 is 11.9 Å². The van der Waals surface area contributed by atoms with Gasteiger partial charge in [0, 0.05) is 0 Å². The Morgan fingerprint density at radius 2 is 1.46 bits per heavy atom. The number of aliphatic hydroxyl groups is 2. The summed E-state index contributed by atoms with van der Waals surface area (Å²) in [6, 6.07) is 11.8. The molecule has 0 saturated carbocycles. The van der Waals surface area contributed by atoms with Crippen LogP contribution in [0.1, 0.15) is 29.2 Å². The minimum atomic E-state index is -1.77. The molecule has 0 aromatic heterocycles. The van der Waals surface area contributed by atoms with E-state index in [-0.39, 0.29) is 0 Å². The van der Waals surface area contributed by atoms with E-state index in [1.165, 1.54) is 0 Å². The molecule has 1 saturated heterocycles. The van der Waals surface area contributed by atoms with E-state index in [1.54, 1.807) is 42.5 Å². The van der Waals surface area contributed by atoms with Gasteiger partial charge in [-0.15, -0.1) is 0 Å². The van der Waals surface area contributed by atoms with E-state index in [9.17, 15) is 19.8 Å². The molecule has 132 valence electrons. The summed E-state index contributed by atoms with van der Waals surface area (Å²) in [4.78, 5) is 24.8. The van der Waals surface area contributed by atoms with Gasteiger partial charge in [0.05, 0.1) is 6.61 Å². The zero-order valence-corrected chi connectivity index (χ0v) is 13.9. The summed E-state index contributed by atoms with van der Waals surface area (Å²) in [6.45, 7) is 2.27. The van der Waals surface area contributed by atoms with Gasteiger partial charge in [-0.25, -0.2) is 0 Å². The molecular weight excluding hydrogens is 336 g/mol. The number of carbonyl (C=O) groups is 2. The van der Waals surface area contributed by atoms with E-state index in [1.807, 2.05) is 6.92 Å². The molecule has 26 heavy (non-hydrogen) atoms. The lowest BCUT2D eigenvalue weighted by Gasteiger charge is -2.54. The van der Waals surface area contributed by atoms with Crippen LogP contribution in [0, 0.1) is 11.8 Å². The fraction of sp³-hybridized carbons (Fsp3) is 0.300. The van der Waals surface area contributed by atoms with Crippen LogP contribution >= 0.6 is 0 Å². The van der Waals surface area contributed by atoms with Gasteiger partial charge in [0.25, 0.3) is 0 Å². The molecule has 6 rings (SSSR count). The highest BCUT2D eigenvalue weighted by Gasteiger charge is 2.73. The van der Waals surface area contributed by atoms with Gasteiger partial charge in [0.15, 0.2) is 0 Å². The van der Waals surface area contributed by atoms with Crippen molar-refractivity contribution in [2.24, 2.45) is 11.8 Å². The van der Waals surface area contributed by atoms with Crippen LogP contribution in [0.4, 0.5) is 0 Å². The molecule has 2 aromatic rings. The van der Waals surface area contributed by atoms with Crippen molar-refractivity contribution in [3.63, 3.8) is 0 Å². The average Bonchev–Trinajstić information content (AvgIpc) is 2.95. The zero-order chi connectivity index (χ0) is 18.3. The maximum absolute atomic E-state index is 12.4. The van der Waals surface area contributed by atoms with Crippen molar-refractivity contribution in [2.75, 3.05) is 6.61 Å². The van der Waals surface area contributed by atoms with Crippen LogP contribution in [0.15, 0.2) is 42.5 Å². The Kier molecular flexibility index (Phi) is 2.82. The van der Waals surface area contributed by atoms with Gasteiger partial charge in [-0.3, -0.25) is 9.59 Å². The highest BCUT2D eigenvalue weighted by molar-refractivity contribution is 6.01. The Bertz CT molecular complexity index is 982. The Labute approximate surface area is 149 Å². The van der Waals surface area contributed by atoms with Gasteiger partial charge < -0.3 is 19.7 Å². The van der Waals surface area contributed by atoms with Crippen LogP contribution in [-0.4, -0.2) is 28.8 Å². The van der Waals surface area contributed by atoms with Gasteiger partial charge in [-0.05, 0) is 41.3 Å². The zero-order valence-electron chi connectivity index (χ0n) is 13.9. The van der Waals surface area contributed by atoms with Crippen molar-refractivity contribution in [1.29, 1.82) is 0 Å². The molecule has 1 aliphatic heterocycles. The Balaban J connectivity index is 1.90. The van der Waals surface area contributed by atoms with E-state index in [4.69, 9.17) is 9.47 Å². The molecular formula is C20H16O6. The second-order valence-corrected chi connectivity index (χ2v) is 6.91. The van der Waals surface area contributed by atoms with Gasteiger partial charge in [0.2, 0.25) is 0 Å². The topological polar surface area (TPSA) is 93.1 Å². The van der Waals surface area contributed by atoms with Crippen LogP contribution in [0.3, 0.4) is 0 Å². The number of esters is 2. The number of carbonyl (C=O) groups excluding carboxylic acids is 2. The number of rotatable bonds is 2. The molecule has 2 bridgehead atoms. The summed E-state index contributed by atoms with van der Waals surface area (Å²) in [7, 11) is 0. The third kappa shape index (κ3) is 1.51. The average molecular weight is 352 g/mol. The van der Waals surface area contributed by atoms with Crippen LogP contribution in [0.5, 0.6) is 5.75 Å².